The number of carbonyl (C=O) groups excluding carboxylic acids is 2. The molecule has 2 amide bonds. The van der Waals surface area contributed by atoms with Gasteiger partial charge in [0.25, 0.3) is 0 Å². The van der Waals surface area contributed by atoms with E-state index in [1.165, 1.54) is 31.2 Å². The fraction of sp³-hybridized carbons (Fsp3) is 0.742. The minimum absolute atomic E-state index is 0.128. The molecule has 1 aromatic rings. The monoisotopic (exact) mass is 494 g/mol. The number of ether oxygens (including phenoxy) is 1. The molecule has 5 fully saturated rings. The van der Waals surface area contributed by atoms with E-state index >= 15 is 0 Å². The number of rotatable bonds is 6. The van der Waals surface area contributed by atoms with E-state index in [4.69, 9.17) is 4.74 Å². The molecule has 0 saturated heterocycles. The molecule has 0 aliphatic heterocycles. The Morgan fingerprint density at radius 1 is 0.917 bits per heavy atom. The van der Waals surface area contributed by atoms with Crippen LogP contribution < -0.4 is 10.6 Å². The fourth-order valence-corrected chi connectivity index (χ4v) is 8.64. The first-order valence-electron chi connectivity index (χ1n) is 14.5. The summed E-state index contributed by atoms with van der Waals surface area (Å²) in [7, 11) is 0. The molecule has 2 N–H and O–H groups in total. The van der Waals surface area contributed by atoms with Crippen molar-refractivity contribution < 1.29 is 14.3 Å². The molecule has 5 atom stereocenters. The predicted octanol–water partition coefficient (Wildman–Crippen LogP) is 6.50. The van der Waals surface area contributed by atoms with Gasteiger partial charge in [-0.2, -0.15) is 0 Å². The maximum Gasteiger partial charge on any atom is 0.407 e. The van der Waals surface area contributed by atoms with Crippen LogP contribution in [-0.2, 0) is 14.9 Å². The topological polar surface area (TPSA) is 67.4 Å². The van der Waals surface area contributed by atoms with E-state index in [1.54, 1.807) is 0 Å². The minimum atomic E-state index is -0.486. The van der Waals surface area contributed by atoms with Gasteiger partial charge in [-0.1, -0.05) is 50.1 Å². The highest BCUT2D eigenvalue weighted by atomic mass is 16.6. The summed E-state index contributed by atoms with van der Waals surface area (Å²) in [4.78, 5) is 26.2. The number of hydrogen-bond donors (Lipinski definition) is 2. The van der Waals surface area contributed by atoms with Gasteiger partial charge < -0.3 is 15.4 Å². The molecule has 0 heterocycles. The van der Waals surface area contributed by atoms with E-state index in [1.807, 2.05) is 20.8 Å². The maximum absolute atomic E-state index is 14.0. The molecule has 5 aliphatic rings. The zero-order valence-corrected chi connectivity index (χ0v) is 22.8. The first kappa shape index (κ1) is 25.6. The zero-order chi connectivity index (χ0) is 25.6. The molecule has 1 aromatic carbocycles. The minimum Gasteiger partial charge on any atom is -0.444 e. The lowest BCUT2D eigenvalue weighted by atomic mass is 9.39. The van der Waals surface area contributed by atoms with Crippen LogP contribution in [0.25, 0.3) is 0 Å². The summed E-state index contributed by atoms with van der Waals surface area (Å²) >= 11 is 0. The van der Waals surface area contributed by atoms with E-state index in [0.29, 0.717) is 17.7 Å². The van der Waals surface area contributed by atoms with Crippen molar-refractivity contribution in [3.05, 3.63) is 35.9 Å². The Morgan fingerprint density at radius 2 is 1.50 bits per heavy atom. The smallest absolute Gasteiger partial charge is 0.407 e. The Hall–Kier alpha value is -2.04. The van der Waals surface area contributed by atoms with E-state index in [-0.39, 0.29) is 29.0 Å². The average Bonchev–Trinajstić information content (AvgIpc) is 2.81. The highest BCUT2D eigenvalue weighted by molar-refractivity contribution is 5.84. The number of hydrogen-bond acceptors (Lipinski definition) is 3. The highest BCUT2D eigenvalue weighted by Gasteiger charge is 2.63. The first-order valence-corrected chi connectivity index (χ1v) is 14.5. The molecule has 0 spiro atoms. The van der Waals surface area contributed by atoms with E-state index in [2.05, 4.69) is 47.9 Å². The van der Waals surface area contributed by atoms with Crippen LogP contribution in [0.5, 0.6) is 0 Å². The van der Waals surface area contributed by atoms with Gasteiger partial charge in [-0.15, -0.1) is 0 Å². The fourth-order valence-electron chi connectivity index (χ4n) is 8.64. The summed E-state index contributed by atoms with van der Waals surface area (Å²) in [5, 5.41) is 6.54. The SMILES string of the molecule is CCCC1[C@@H]2CC3(C(=O)NC4CCC(NC(=O)OC(C)(C)C)CC4)C[C@H]1CC(c1ccccc1)(C2)C3. The molecular formula is C31H46N2O3. The van der Waals surface area contributed by atoms with Crippen LogP contribution >= 0.6 is 0 Å². The number of benzene rings is 1. The van der Waals surface area contributed by atoms with Crippen molar-refractivity contribution in [1.82, 2.24) is 10.6 Å². The number of amides is 2. The second-order valence-corrected chi connectivity index (χ2v) is 13.6. The third-order valence-corrected chi connectivity index (χ3v) is 9.77. The van der Waals surface area contributed by atoms with Crippen LogP contribution in [-0.4, -0.2) is 29.7 Å². The average molecular weight is 495 g/mol. The molecule has 5 nitrogen and oxygen atoms in total. The van der Waals surface area contributed by atoms with Crippen LogP contribution in [0.15, 0.2) is 30.3 Å². The Bertz CT molecular complexity index is 928. The molecule has 0 radical (unpaired) electrons. The van der Waals surface area contributed by atoms with E-state index in [9.17, 15) is 9.59 Å². The predicted molar refractivity (Wildman–Crippen MR) is 143 cm³/mol. The van der Waals surface area contributed by atoms with Crippen molar-refractivity contribution in [3.8, 4) is 0 Å². The summed E-state index contributed by atoms with van der Waals surface area (Å²) < 4.78 is 5.42. The van der Waals surface area contributed by atoms with Gasteiger partial charge in [0, 0.05) is 12.1 Å². The second kappa shape index (κ2) is 9.68. The summed E-state index contributed by atoms with van der Waals surface area (Å²) in [6.07, 6.45) is 11.5. The summed E-state index contributed by atoms with van der Waals surface area (Å²) in [5.41, 5.74) is 0.932. The Morgan fingerprint density at radius 3 is 2.06 bits per heavy atom. The molecule has 4 bridgehead atoms. The van der Waals surface area contributed by atoms with Crippen molar-refractivity contribution in [1.29, 1.82) is 0 Å². The van der Waals surface area contributed by atoms with Crippen molar-refractivity contribution in [3.63, 3.8) is 0 Å². The summed E-state index contributed by atoms with van der Waals surface area (Å²) in [6.45, 7) is 7.97. The molecule has 5 aliphatic carbocycles. The van der Waals surface area contributed by atoms with Crippen molar-refractivity contribution in [2.45, 2.75) is 121 Å². The molecule has 6 rings (SSSR count). The van der Waals surface area contributed by atoms with Gasteiger partial charge in [0.1, 0.15) is 5.60 Å². The lowest BCUT2D eigenvalue weighted by Gasteiger charge is -2.64. The third kappa shape index (κ3) is 5.04. The van der Waals surface area contributed by atoms with Crippen LogP contribution in [0.4, 0.5) is 4.79 Å². The van der Waals surface area contributed by atoms with Crippen LogP contribution in [0.3, 0.4) is 0 Å². The number of nitrogens with one attached hydrogen (secondary N) is 2. The standard InChI is InChI=1S/C31H46N2O3/c1-5-9-26-21-16-30(23-10-7-6-8-11-23)17-22(26)19-31(18-21,20-30)27(34)32-24-12-14-25(15-13-24)33-28(35)36-29(2,3)4/h6-8,10-11,21-22,24-26H,5,9,12-20H2,1-4H3,(H,32,34)(H,33,35)/t21-,22+,24?,25?,26?,30?,31?. The second-order valence-electron chi connectivity index (χ2n) is 13.6. The van der Waals surface area contributed by atoms with Gasteiger partial charge in [0.15, 0.2) is 0 Å². The van der Waals surface area contributed by atoms with Crippen molar-refractivity contribution in [2.75, 3.05) is 0 Å². The molecular weight excluding hydrogens is 448 g/mol. The maximum atomic E-state index is 14.0. The quantitative estimate of drug-likeness (QED) is 0.474. The first-order chi connectivity index (χ1) is 17.1. The van der Waals surface area contributed by atoms with Crippen LogP contribution in [0.2, 0.25) is 0 Å². The molecule has 5 saturated carbocycles. The Labute approximate surface area is 217 Å². The molecule has 36 heavy (non-hydrogen) atoms. The molecule has 198 valence electrons. The van der Waals surface area contributed by atoms with Gasteiger partial charge in [0.05, 0.1) is 5.41 Å². The Kier molecular flexibility index (Phi) is 6.89. The molecule has 5 heteroatoms. The van der Waals surface area contributed by atoms with Crippen molar-refractivity contribution >= 4 is 12.0 Å². The number of alkyl carbamates (subject to hydrolysis) is 1. The van der Waals surface area contributed by atoms with Gasteiger partial charge >= 0.3 is 6.09 Å². The third-order valence-electron chi connectivity index (χ3n) is 9.77. The van der Waals surface area contributed by atoms with Crippen LogP contribution in [0.1, 0.15) is 104 Å². The highest BCUT2D eigenvalue weighted by Crippen LogP contribution is 2.68. The lowest BCUT2D eigenvalue weighted by molar-refractivity contribution is -0.159. The largest absolute Gasteiger partial charge is 0.444 e. The van der Waals surface area contributed by atoms with Gasteiger partial charge in [-0.3, -0.25) is 4.79 Å². The van der Waals surface area contributed by atoms with Gasteiger partial charge in [0.2, 0.25) is 5.91 Å². The van der Waals surface area contributed by atoms with Crippen molar-refractivity contribution in [2.24, 2.45) is 23.2 Å². The molecule has 3 unspecified atom stereocenters. The summed E-state index contributed by atoms with van der Waals surface area (Å²) in [6, 6.07) is 11.4. The molecule has 0 aromatic heterocycles. The lowest BCUT2D eigenvalue weighted by Crippen LogP contribution is -2.62. The normalized spacial score (nSPS) is 37.4. The Balaban J connectivity index is 1.24. The van der Waals surface area contributed by atoms with Gasteiger partial charge in [-0.05, 0) is 107 Å². The van der Waals surface area contributed by atoms with Gasteiger partial charge in [-0.25, -0.2) is 4.79 Å². The van der Waals surface area contributed by atoms with E-state index in [0.717, 1.165) is 50.9 Å². The number of carbonyl (C=O) groups is 2. The summed E-state index contributed by atoms with van der Waals surface area (Å²) in [5.74, 6) is 2.45. The zero-order valence-electron chi connectivity index (χ0n) is 22.8. The van der Waals surface area contributed by atoms with Crippen LogP contribution in [0, 0.1) is 23.2 Å². The van der Waals surface area contributed by atoms with E-state index < -0.39 is 5.60 Å².